The van der Waals surface area contributed by atoms with Gasteiger partial charge in [0.15, 0.2) is 6.10 Å². The predicted molar refractivity (Wildman–Crippen MR) is 131 cm³/mol. The topological polar surface area (TPSA) is 128 Å². The fourth-order valence-corrected chi connectivity index (χ4v) is 4.95. The lowest BCUT2D eigenvalue weighted by Crippen LogP contribution is -2.49. The number of nitrogens with one attached hydrogen (secondary N) is 1. The Balaban J connectivity index is 1.73. The van der Waals surface area contributed by atoms with Crippen LogP contribution in [-0.4, -0.2) is 59.8 Å². The van der Waals surface area contributed by atoms with Crippen molar-refractivity contribution in [2.75, 3.05) is 25.5 Å². The molecule has 2 aromatic carbocycles. The molecule has 4 rings (SSSR count). The standard InChI is InChI=1S/C25H25ClFN3O7/c1-36-25(33)20-4-3-11-29(20)24(32)23(22(31)16-8-7-15(30(34)35)13-18(16)26)37-21-5-2-10-28-19-9-6-14(27)12-17(19)21/h6-9,12-13,20-21,23,28H,2-5,10-11H2,1H3/t20-,21?,23?/m0/s1. The molecule has 2 aliphatic heterocycles. The van der Waals surface area contributed by atoms with Crippen molar-refractivity contribution in [1.29, 1.82) is 0 Å². The quantitative estimate of drug-likeness (QED) is 0.185. The summed E-state index contributed by atoms with van der Waals surface area (Å²) in [5, 5.41) is 14.1. The van der Waals surface area contributed by atoms with Gasteiger partial charge in [0, 0.05) is 42.0 Å². The van der Waals surface area contributed by atoms with Crippen LogP contribution in [-0.2, 0) is 19.1 Å². The van der Waals surface area contributed by atoms with Gasteiger partial charge < -0.3 is 19.7 Å². The number of ketones is 1. The second-order valence-corrected chi connectivity index (χ2v) is 9.21. The molecule has 3 atom stereocenters. The predicted octanol–water partition coefficient (Wildman–Crippen LogP) is 4.07. The molecule has 37 heavy (non-hydrogen) atoms. The number of ether oxygens (including phenoxy) is 2. The van der Waals surface area contributed by atoms with E-state index in [1.807, 2.05) is 0 Å². The number of hydrogen-bond acceptors (Lipinski definition) is 8. The molecule has 12 heteroatoms. The summed E-state index contributed by atoms with van der Waals surface area (Å²) in [6, 6.07) is 6.55. The average molecular weight is 534 g/mol. The van der Waals surface area contributed by atoms with E-state index in [0.717, 1.165) is 18.2 Å². The van der Waals surface area contributed by atoms with Gasteiger partial charge in [0.25, 0.3) is 11.6 Å². The van der Waals surface area contributed by atoms with Crippen molar-refractivity contribution in [1.82, 2.24) is 4.90 Å². The Bertz CT molecular complexity index is 1240. The highest BCUT2D eigenvalue weighted by Crippen LogP contribution is 2.35. The molecule has 0 saturated carbocycles. The molecule has 0 aliphatic carbocycles. The third-order valence-electron chi connectivity index (χ3n) is 6.52. The third-order valence-corrected chi connectivity index (χ3v) is 6.83. The first-order chi connectivity index (χ1) is 17.7. The maximum absolute atomic E-state index is 14.2. The number of hydrogen-bond donors (Lipinski definition) is 1. The van der Waals surface area contributed by atoms with E-state index in [-0.39, 0.29) is 22.8 Å². The minimum atomic E-state index is -1.73. The van der Waals surface area contributed by atoms with Crippen LogP contribution in [0.15, 0.2) is 36.4 Å². The first-order valence-electron chi connectivity index (χ1n) is 11.8. The van der Waals surface area contributed by atoms with Crippen LogP contribution in [0, 0.1) is 15.9 Å². The van der Waals surface area contributed by atoms with Gasteiger partial charge in [-0.05, 0) is 49.9 Å². The summed E-state index contributed by atoms with van der Waals surface area (Å²) in [5.74, 6) is -2.71. The van der Waals surface area contributed by atoms with Gasteiger partial charge in [0.2, 0.25) is 5.78 Å². The number of nitro groups is 1. The second kappa shape index (κ2) is 11.2. The largest absolute Gasteiger partial charge is 0.467 e. The number of benzene rings is 2. The SMILES string of the molecule is COC(=O)[C@@H]1CCCN1C(=O)C(OC1CCCNc2ccc(F)cc21)C(=O)c1ccc([N+](=O)[O-])cc1Cl. The number of carbonyl (C=O) groups excluding carboxylic acids is 3. The Morgan fingerprint density at radius 1 is 1.19 bits per heavy atom. The molecule has 0 bridgehead atoms. The molecule has 1 fully saturated rings. The number of likely N-dealkylation sites (tertiary alicyclic amines) is 1. The molecule has 0 aromatic heterocycles. The number of methoxy groups -OCH3 is 1. The molecule has 196 valence electrons. The summed E-state index contributed by atoms with van der Waals surface area (Å²) >= 11 is 6.21. The molecule has 0 radical (unpaired) electrons. The molecular weight excluding hydrogens is 509 g/mol. The van der Waals surface area contributed by atoms with Crippen molar-refractivity contribution >= 4 is 40.6 Å². The highest BCUT2D eigenvalue weighted by atomic mass is 35.5. The van der Waals surface area contributed by atoms with Crippen molar-refractivity contribution in [3.63, 3.8) is 0 Å². The maximum Gasteiger partial charge on any atom is 0.328 e. The van der Waals surface area contributed by atoms with E-state index >= 15 is 0 Å². The number of non-ortho nitro benzene ring substituents is 1. The number of carbonyl (C=O) groups is 3. The van der Waals surface area contributed by atoms with Gasteiger partial charge in [-0.1, -0.05) is 11.6 Å². The monoisotopic (exact) mass is 533 g/mol. The molecule has 0 spiro atoms. The highest BCUT2D eigenvalue weighted by molar-refractivity contribution is 6.35. The van der Waals surface area contributed by atoms with Crippen LogP contribution in [0.1, 0.15) is 47.7 Å². The zero-order chi connectivity index (χ0) is 26.7. The smallest absolute Gasteiger partial charge is 0.328 e. The normalized spacial score (nSPS) is 19.8. The first-order valence-corrected chi connectivity index (χ1v) is 12.1. The Kier molecular flexibility index (Phi) is 8.03. The van der Waals surface area contributed by atoms with Crippen LogP contribution < -0.4 is 5.32 Å². The van der Waals surface area contributed by atoms with Crippen LogP contribution in [0.4, 0.5) is 15.8 Å². The molecule has 1 N–H and O–H groups in total. The number of nitrogens with zero attached hydrogens (tertiary/aromatic N) is 2. The lowest BCUT2D eigenvalue weighted by atomic mass is 10.0. The minimum Gasteiger partial charge on any atom is -0.467 e. The van der Waals surface area contributed by atoms with Gasteiger partial charge in [0.05, 0.1) is 23.2 Å². The van der Waals surface area contributed by atoms with Gasteiger partial charge in [-0.25, -0.2) is 9.18 Å². The zero-order valence-corrected chi connectivity index (χ0v) is 20.7. The van der Waals surface area contributed by atoms with E-state index in [1.165, 1.54) is 24.1 Å². The maximum atomic E-state index is 14.2. The number of nitro benzene ring substituents is 1. The molecule has 1 amide bonds. The third kappa shape index (κ3) is 5.57. The first kappa shape index (κ1) is 26.5. The Hall–Kier alpha value is -3.57. The van der Waals surface area contributed by atoms with Gasteiger partial charge in [0.1, 0.15) is 11.9 Å². The molecule has 1 saturated heterocycles. The highest BCUT2D eigenvalue weighted by Gasteiger charge is 2.43. The van der Waals surface area contributed by atoms with Crippen molar-refractivity contribution in [3.05, 3.63) is 68.5 Å². The van der Waals surface area contributed by atoms with Crippen LogP contribution >= 0.6 is 11.6 Å². The minimum absolute atomic E-state index is 0.148. The van der Waals surface area contributed by atoms with Gasteiger partial charge >= 0.3 is 5.97 Å². The van der Waals surface area contributed by atoms with Crippen molar-refractivity contribution in [2.24, 2.45) is 0 Å². The van der Waals surface area contributed by atoms with Crippen LogP contribution in [0.5, 0.6) is 0 Å². The lowest BCUT2D eigenvalue weighted by molar-refractivity contribution is -0.384. The fraction of sp³-hybridized carbons (Fsp3) is 0.400. The van der Waals surface area contributed by atoms with E-state index in [4.69, 9.17) is 21.1 Å². The van der Waals surface area contributed by atoms with Crippen molar-refractivity contribution in [3.8, 4) is 0 Å². The number of fused-ring (bicyclic) bond motifs is 1. The number of anilines is 1. The van der Waals surface area contributed by atoms with E-state index in [0.29, 0.717) is 43.5 Å². The molecule has 10 nitrogen and oxygen atoms in total. The summed E-state index contributed by atoms with van der Waals surface area (Å²) in [4.78, 5) is 51.5. The number of rotatable bonds is 7. The number of halogens is 2. The summed E-state index contributed by atoms with van der Waals surface area (Å²) in [6.07, 6.45) is -0.680. The molecule has 2 aliphatic rings. The number of Topliss-reactive ketones (excluding diaryl/α,β-unsaturated/α-hetero) is 1. The van der Waals surface area contributed by atoms with E-state index in [2.05, 4.69) is 5.32 Å². The van der Waals surface area contributed by atoms with E-state index in [9.17, 15) is 28.9 Å². The Labute approximate surface area is 216 Å². The Morgan fingerprint density at radius 3 is 2.68 bits per heavy atom. The molecule has 2 heterocycles. The second-order valence-electron chi connectivity index (χ2n) is 8.80. The van der Waals surface area contributed by atoms with Crippen LogP contribution in [0.25, 0.3) is 0 Å². The summed E-state index contributed by atoms with van der Waals surface area (Å²) in [7, 11) is 1.21. The van der Waals surface area contributed by atoms with Gasteiger partial charge in [-0.15, -0.1) is 0 Å². The van der Waals surface area contributed by atoms with E-state index in [1.54, 1.807) is 6.07 Å². The van der Waals surface area contributed by atoms with Gasteiger partial charge in [-0.2, -0.15) is 0 Å². The summed E-state index contributed by atoms with van der Waals surface area (Å²) in [5.41, 5.74) is 0.592. The van der Waals surface area contributed by atoms with Gasteiger partial charge in [-0.3, -0.25) is 19.7 Å². The fourth-order valence-electron chi connectivity index (χ4n) is 4.69. The number of amides is 1. The van der Waals surface area contributed by atoms with E-state index < -0.39 is 46.7 Å². The summed E-state index contributed by atoms with van der Waals surface area (Å²) in [6.45, 7) is 0.785. The Morgan fingerprint density at radius 2 is 1.97 bits per heavy atom. The van der Waals surface area contributed by atoms with Crippen LogP contribution in [0.3, 0.4) is 0 Å². The van der Waals surface area contributed by atoms with Crippen molar-refractivity contribution < 1.29 is 33.2 Å². The molecule has 2 aromatic rings. The summed E-state index contributed by atoms with van der Waals surface area (Å²) < 4.78 is 25.1. The van der Waals surface area contributed by atoms with Crippen molar-refractivity contribution in [2.45, 2.75) is 43.9 Å². The van der Waals surface area contributed by atoms with Crippen LogP contribution in [0.2, 0.25) is 5.02 Å². The number of esters is 1. The zero-order valence-electron chi connectivity index (χ0n) is 19.9. The molecular formula is C25H25ClFN3O7. The average Bonchev–Trinajstić information content (AvgIpc) is 3.29. The molecule has 2 unspecified atom stereocenters. The lowest BCUT2D eigenvalue weighted by Gasteiger charge is -2.29.